The minimum absolute atomic E-state index is 0.289. The monoisotopic (exact) mass is 405 g/mol. The van der Waals surface area contributed by atoms with E-state index >= 15 is 0 Å². The highest BCUT2D eigenvalue weighted by atomic mass is 16.5. The number of aromatic nitrogens is 2. The van der Waals surface area contributed by atoms with Gasteiger partial charge in [-0.05, 0) is 55.6 Å². The van der Waals surface area contributed by atoms with Gasteiger partial charge in [-0.1, -0.05) is 30.3 Å². The van der Waals surface area contributed by atoms with Crippen LogP contribution < -0.4 is 4.74 Å². The molecular weight excluding hydrogens is 374 g/mol. The molecule has 2 aliphatic rings. The second kappa shape index (κ2) is 8.78. The fourth-order valence-electron chi connectivity index (χ4n) is 4.84. The Bertz CT molecular complexity index is 985. The van der Waals surface area contributed by atoms with Gasteiger partial charge >= 0.3 is 0 Å². The van der Waals surface area contributed by atoms with Crippen LogP contribution in [0.15, 0.2) is 48.5 Å². The molecule has 5 heteroatoms. The van der Waals surface area contributed by atoms with E-state index < -0.39 is 0 Å². The average Bonchev–Trinajstić information content (AvgIpc) is 3.11. The number of fused-ring (bicyclic) bond motifs is 1. The van der Waals surface area contributed by atoms with E-state index in [4.69, 9.17) is 14.5 Å². The van der Waals surface area contributed by atoms with Gasteiger partial charge in [0.2, 0.25) is 0 Å². The van der Waals surface area contributed by atoms with Crippen molar-refractivity contribution in [2.45, 2.75) is 44.2 Å². The normalized spacial score (nSPS) is 19.4. The summed E-state index contributed by atoms with van der Waals surface area (Å²) in [6, 6.07) is 17.0. The maximum atomic E-state index is 6.40. The standard InChI is InChI=1S/C25H31N3O2/c1-27-23-8-4-3-7-22(23)26-25(27)18-28-14-10-19(11-15-28)21-6-2-5-9-24(21)30-20-12-16-29-17-13-20/h2-9,19-20H,10-18H2,1H3. The number of para-hydroxylation sites is 3. The molecule has 2 fully saturated rings. The number of rotatable bonds is 5. The fourth-order valence-corrected chi connectivity index (χ4v) is 4.84. The van der Waals surface area contributed by atoms with E-state index in [0.717, 1.165) is 75.6 Å². The van der Waals surface area contributed by atoms with Crippen LogP contribution in [0.2, 0.25) is 0 Å². The van der Waals surface area contributed by atoms with Crippen LogP contribution >= 0.6 is 0 Å². The third-order valence-corrected chi connectivity index (χ3v) is 6.65. The van der Waals surface area contributed by atoms with Crippen molar-refractivity contribution < 1.29 is 9.47 Å². The highest BCUT2D eigenvalue weighted by Crippen LogP contribution is 2.35. The first kappa shape index (κ1) is 19.6. The number of piperidine rings is 1. The molecule has 5 rings (SSSR count). The van der Waals surface area contributed by atoms with Gasteiger partial charge in [-0.25, -0.2) is 4.98 Å². The van der Waals surface area contributed by atoms with Crippen molar-refractivity contribution in [1.82, 2.24) is 14.5 Å². The van der Waals surface area contributed by atoms with Crippen LogP contribution in [0.25, 0.3) is 11.0 Å². The van der Waals surface area contributed by atoms with E-state index in [2.05, 4.69) is 65.0 Å². The minimum atomic E-state index is 0.289. The lowest BCUT2D eigenvalue weighted by atomic mass is 9.88. The molecule has 0 radical (unpaired) electrons. The third kappa shape index (κ3) is 4.09. The van der Waals surface area contributed by atoms with Gasteiger partial charge in [-0.2, -0.15) is 0 Å². The lowest BCUT2D eigenvalue weighted by Crippen LogP contribution is -2.33. The number of ether oxygens (including phenoxy) is 2. The predicted octanol–water partition coefficient (Wildman–Crippen LogP) is 4.51. The smallest absolute Gasteiger partial charge is 0.123 e. The van der Waals surface area contributed by atoms with Crippen LogP contribution in [0.4, 0.5) is 0 Å². The Balaban J connectivity index is 1.23. The van der Waals surface area contributed by atoms with Crippen molar-refractivity contribution in [2.24, 2.45) is 7.05 Å². The van der Waals surface area contributed by atoms with E-state index in [0.29, 0.717) is 5.92 Å². The van der Waals surface area contributed by atoms with Crippen LogP contribution in [0.3, 0.4) is 0 Å². The summed E-state index contributed by atoms with van der Waals surface area (Å²) in [5.74, 6) is 2.80. The Kier molecular flexibility index (Phi) is 5.73. The lowest BCUT2D eigenvalue weighted by molar-refractivity contribution is 0.0249. The zero-order valence-electron chi connectivity index (χ0n) is 17.8. The van der Waals surface area contributed by atoms with E-state index in [1.807, 2.05) is 0 Å². The first-order valence-corrected chi connectivity index (χ1v) is 11.2. The van der Waals surface area contributed by atoms with Crippen LogP contribution in [-0.2, 0) is 18.3 Å². The first-order chi connectivity index (χ1) is 14.8. The van der Waals surface area contributed by atoms with Crippen molar-refractivity contribution in [3.63, 3.8) is 0 Å². The number of hydrogen-bond donors (Lipinski definition) is 0. The van der Waals surface area contributed by atoms with Crippen LogP contribution in [-0.4, -0.2) is 46.9 Å². The lowest BCUT2D eigenvalue weighted by Gasteiger charge is -2.33. The zero-order valence-corrected chi connectivity index (χ0v) is 17.8. The van der Waals surface area contributed by atoms with E-state index in [1.165, 1.54) is 11.1 Å². The summed E-state index contributed by atoms with van der Waals surface area (Å²) < 4.78 is 14.1. The molecule has 0 aliphatic carbocycles. The highest BCUT2D eigenvalue weighted by molar-refractivity contribution is 5.75. The molecule has 5 nitrogen and oxygen atoms in total. The summed E-state index contributed by atoms with van der Waals surface area (Å²) in [5.41, 5.74) is 3.68. The van der Waals surface area contributed by atoms with Gasteiger partial charge in [0.05, 0.1) is 30.8 Å². The molecule has 3 aromatic rings. The molecule has 0 saturated carbocycles. The maximum absolute atomic E-state index is 6.40. The number of likely N-dealkylation sites (tertiary alicyclic amines) is 1. The Morgan fingerprint density at radius 3 is 2.50 bits per heavy atom. The van der Waals surface area contributed by atoms with Crippen molar-refractivity contribution in [2.75, 3.05) is 26.3 Å². The van der Waals surface area contributed by atoms with E-state index in [1.54, 1.807) is 0 Å². The molecule has 0 N–H and O–H groups in total. The largest absolute Gasteiger partial charge is 0.490 e. The minimum Gasteiger partial charge on any atom is -0.490 e. The van der Waals surface area contributed by atoms with Gasteiger partial charge in [-0.15, -0.1) is 0 Å². The van der Waals surface area contributed by atoms with Crippen LogP contribution in [0, 0.1) is 0 Å². The number of nitrogens with zero attached hydrogens (tertiary/aromatic N) is 3. The Hall–Kier alpha value is -2.37. The maximum Gasteiger partial charge on any atom is 0.123 e. The molecule has 0 atom stereocenters. The molecule has 2 aliphatic heterocycles. The molecule has 0 bridgehead atoms. The van der Waals surface area contributed by atoms with Crippen molar-refractivity contribution in [3.05, 3.63) is 59.9 Å². The highest BCUT2D eigenvalue weighted by Gasteiger charge is 2.25. The summed E-state index contributed by atoms with van der Waals surface area (Å²) in [7, 11) is 2.13. The molecule has 0 unspecified atom stereocenters. The molecule has 2 aromatic carbocycles. The molecule has 158 valence electrons. The summed E-state index contributed by atoms with van der Waals surface area (Å²) in [5, 5.41) is 0. The number of hydrogen-bond acceptors (Lipinski definition) is 4. The van der Waals surface area contributed by atoms with Gasteiger partial charge in [0.1, 0.15) is 17.7 Å². The Morgan fingerprint density at radius 1 is 0.967 bits per heavy atom. The first-order valence-electron chi connectivity index (χ1n) is 11.2. The van der Waals surface area contributed by atoms with Crippen molar-refractivity contribution in [3.8, 4) is 5.75 Å². The molecule has 1 aromatic heterocycles. The molecule has 3 heterocycles. The summed E-state index contributed by atoms with van der Waals surface area (Å²) in [6.07, 6.45) is 4.60. The van der Waals surface area contributed by atoms with Gasteiger partial charge in [0.15, 0.2) is 0 Å². The SMILES string of the molecule is Cn1c(CN2CCC(c3ccccc3OC3CCOCC3)CC2)nc2ccccc21. The average molecular weight is 406 g/mol. The molecule has 0 spiro atoms. The topological polar surface area (TPSA) is 39.5 Å². The van der Waals surface area contributed by atoms with Gasteiger partial charge in [0, 0.05) is 19.9 Å². The third-order valence-electron chi connectivity index (χ3n) is 6.65. The molecule has 2 saturated heterocycles. The van der Waals surface area contributed by atoms with Crippen molar-refractivity contribution in [1.29, 1.82) is 0 Å². The van der Waals surface area contributed by atoms with Gasteiger partial charge < -0.3 is 14.0 Å². The number of imidazole rings is 1. The zero-order chi connectivity index (χ0) is 20.3. The van der Waals surface area contributed by atoms with E-state index in [9.17, 15) is 0 Å². The van der Waals surface area contributed by atoms with Gasteiger partial charge in [0.25, 0.3) is 0 Å². The summed E-state index contributed by atoms with van der Waals surface area (Å²) in [4.78, 5) is 7.40. The molecular formula is C25H31N3O2. The molecule has 30 heavy (non-hydrogen) atoms. The van der Waals surface area contributed by atoms with E-state index in [-0.39, 0.29) is 6.10 Å². The van der Waals surface area contributed by atoms with Crippen LogP contribution in [0.5, 0.6) is 5.75 Å². The number of benzene rings is 2. The Morgan fingerprint density at radius 2 is 1.70 bits per heavy atom. The predicted molar refractivity (Wildman–Crippen MR) is 119 cm³/mol. The van der Waals surface area contributed by atoms with Crippen molar-refractivity contribution >= 4 is 11.0 Å². The number of aryl methyl sites for hydroxylation is 1. The Labute approximate surface area is 178 Å². The summed E-state index contributed by atoms with van der Waals surface area (Å²) >= 11 is 0. The summed E-state index contributed by atoms with van der Waals surface area (Å²) in [6.45, 7) is 4.73. The second-order valence-corrected chi connectivity index (χ2v) is 8.59. The second-order valence-electron chi connectivity index (χ2n) is 8.59. The van der Waals surface area contributed by atoms with Crippen LogP contribution in [0.1, 0.15) is 43.0 Å². The fraction of sp³-hybridized carbons (Fsp3) is 0.480. The van der Waals surface area contributed by atoms with Gasteiger partial charge in [-0.3, -0.25) is 4.90 Å². The quantitative estimate of drug-likeness (QED) is 0.626. The molecule has 0 amide bonds.